The molecule has 134 valence electrons. The number of ether oxygens (including phenoxy) is 1. The second-order valence-electron chi connectivity index (χ2n) is 6.14. The van der Waals surface area contributed by atoms with Crippen molar-refractivity contribution in [3.8, 4) is 28.5 Å². The van der Waals surface area contributed by atoms with Gasteiger partial charge in [0.05, 0.1) is 30.4 Å². The Bertz CT molecular complexity index is 1140. The zero-order valence-electron chi connectivity index (χ0n) is 15.0. The van der Waals surface area contributed by atoms with Crippen molar-refractivity contribution in [1.82, 2.24) is 19.6 Å². The molecule has 0 atom stereocenters. The summed E-state index contributed by atoms with van der Waals surface area (Å²) in [6.45, 7) is 2.02. The minimum atomic E-state index is -0.158. The summed E-state index contributed by atoms with van der Waals surface area (Å²) in [4.78, 5) is 12.5. The van der Waals surface area contributed by atoms with E-state index in [0.717, 1.165) is 22.7 Å². The number of rotatable bonds is 4. The molecule has 4 rings (SSSR count). The van der Waals surface area contributed by atoms with Crippen LogP contribution < -0.4 is 10.2 Å². The average molecular weight is 358 g/mol. The van der Waals surface area contributed by atoms with Crippen LogP contribution in [0.25, 0.3) is 22.8 Å². The summed E-state index contributed by atoms with van der Waals surface area (Å²) in [6.07, 6.45) is 3.33. The topological polar surface area (TPSA) is 61.9 Å². The van der Waals surface area contributed by atoms with Crippen molar-refractivity contribution in [2.75, 3.05) is 7.11 Å². The second-order valence-corrected chi connectivity index (χ2v) is 6.14. The fourth-order valence-corrected chi connectivity index (χ4v) is 2.91. The molecule has 4 aromatic rings. The van der Waals surface area contributed by atoms with Crippen molar-refractivity contribution in [3.63, 3.8) is 0 Å². The van der Waals surface area contributed by atoms with Crippen LogP contribution in [0.3, 0.4) is 0 Å². The van der Waals surface area contributed by atoms with Crippen LogP contribution in [0.15, 0.2) is 77.9 Å². The van der Waals surface area contributed by atoms with Gasteiger partial charge in [0, 0.05) is 12.3 Å². The van der Waals surface area contributed by atoms with Crippen molar-refractivity contribution in [1.29, 1.82) is 0 Å². The van der Waals surface area contributed by atoms with Gasteiger partial charge in [-0.25, -0.2) is 9.36 Å². The van der Waals surface area contributed by atoms with Crippen molar-refractivity contribution in [2.24, 2.45) is 0 Å². The predicted molar refractivity (Wildman–Crippen MR) is 104 cm³/mol. The van der Waals surface area contributed by atoms with Crippen molar-refractivity contribution < 1.29 is 4.74 Å². The molecular weight excluding hydrogens is 340 g/mol. The minimum Gasteiger partial charge on any atom is -0.497 e. The number of hydrogen-bond acceptors (Lipinski definition) is 4. The first kappa shape index (κ1) is 16.8. The Kier molecular flexibility index (Phi) is 4.30. The molecule has 0 unspecified atom stereocenters. The van der Waals surface area contributed by atoms with Crippen LogP contribution in [0.2, 0.25) is 0 Å². The Hall–Kier alpha value is -3.67. The molecule has 0 saturated heterocycles. The van der Waals surface area contributed by atoms with E-state index in [0.29, 0.717) is 11.4 Å². The number of aryl methyl sites for hydroxylation is 1. The Morgan fingerprint density at radius 3 is 2.52 bits per heavy atom. The smallest absolute Gasteiger partial charge is 0.209 e. The molecule has 0 aliphatic rings. The molecule has 0 amide bonds. The van der Waals surface area contributed by atoms with Gasteiger partial charge in [-0.05, 0) is 55.0 Å². The third-order valence-electron chi connectivity index (χ3n) is 4.28. The molecule has 0 aliphatic carbocycles. The molecule has 0 bridgehead atoms. The van der Waals surface area contributed by atoms with E-state index in [9.17, 15) is 4.79 Å². The third kappa shape index (κ3) is 3.25. The zero-order chi connectivity index (χ0) is 18.8. The van der Waals surface area contributed by atoms with Crippen LogP contribution in [0.1, 0.15) is 5.56 Å². The number of hydrogen-bond donors (Lipinski definition) is 0. The number of benzene rings is 2. The van der Waals surface area contributed by atoms with E-state index >= 15 is 0 Å². The molecule has 2 aromatic carbocycles. The molecule has 6 nitrogen and oxygen atoms in total. The summed E-state index contributed by atoms with van der Waals surface area (Å²) >= 11 is 0. The Morgan fingerprint density at radius 2 is 1.78 bits per heavy atom. The van der Waals surface area contributed by atoms with Crippen LogP contribution in [0.4, 0.5) is 0 Å². The van der Waals surface area contributed by atoms with E-state index in [1.807, 2.05) is 55.5 Å². The molecule has 0 saturated carbocycles. The van der Waals surface area contributed by atoms with Crippen LogP contribution in [0, 0.1) is 6.92 Å². The van der Waals surface area contributed by atoms with E-state index < -0.39 is 0 Å². The number of nitrogens with zero attached hydrogens (tertiary/aromatic N) is 4. The normalized spacial score (nSPS) is 10.7. The SMILES string of the molecule is COc1ccc(-n2nccc2-c2nn(-c3cccc(C)c3)ccc2=O)cc1. The lowest BCUT2D eigenvalue weighted by atomic mass is 10.2. The van der Waals surface area contributed by atoms with Gasteiger partial charge in [0.2, 0.25) is 5.43 Å². The predicted octanol–water partition coefficient (Wildman–Crippen LogP) is 3.40. The molecule has 0 N–H and O–H groups in total. The van der Waals surface area contributed by atoms with Gasteiger partial charge in [0.1, 0.15) is 5.75 Å². The lowest BCUT2D eigenvalue weighted by Gasteiger charge is -2.10. The second kappa shape index (κ2) is 6.92. The van der Waals surface area contributed by atoms with Gasteiger partial charge in [-0.1, -0.05) is 12.1 Å². The van der Waals surface area contributed by atoms with Gasteiger partial charge >= 0.3 is 0 Å². The largest absolute Gasteiger partial charge is 0.497 e. The van der Waals surface area contributed by atoms with Crippen molar-refractivity contribution in [2.45, 2.75) is 6.92 Å². The number of aromatic nitrogens is 4. The van der Waals surface area contributed by atoms with Crippen LogP contribution in [-0.4, -0.2) is 26.7 Å². The van der Waals surface area contributed by atoms with Gasteiger partial charge in [-0.2, -0.15) is 10.2 Å². The molecule has 2 aromatic heterocycles. The molecule has 0 fully saturated rings. The maximum Gasteiger partial charge on any atom is 0.209 e. The summed E-state index contributed by atoms with van der Waals surface area (Å²) in [6, 6.07) is 18.7. The van der Waals surface area contributed by atoms with Crippen LogP contribution >= 0.6 is 0 Å². The fourth-order valence-electron chi connectivity index (χ4n) is 2.91. The Labute approximate surface area is 156 Å². The lowest BCUT2D eigenvalue weighted by molar-refractivity contribution is 0.414. The van der Waals surface area contributed by atoms with Gasteiger partial charge in [-0.15, -0.1) is 0 Å². The highest BCUT2D eigenvalue weighted by molar-refractivity contribution is 5.57. The number of methoxy groups -OCH3 is 1. The molecule has 6 heteroatoms. The monoisotopic (exact) mass is 358 g/mol. The van der Waals surface area contributed by atoms with Gasteiger partial charge in [0.15, 0.2) is 5.69 Å². The summed E-state index contributed by atoms with van der Waals surface area (Å²) in [5.41, 5.74) is 3.65. The highest BCUT2D eigenvalue weighted by Gasteiger charge is 2.13. The average Bonchev–Trinajstić information content (AvgIpc) is 3.18. The fraction of sp³-hybridized carbons (Fsp3) is 0.0952. The minimum absolute atomic E-state index is 0.158. The molecule has 0 spiro atoms. The first-order chi connectivity index (χ1) is 13.2. The molecule has 0 radical (unpaired) electrons. The first-order valence-corrected chi connectivity index (χ1v) is 8.51. The van der Waals surface area contributed by atoms with Gasteiger partial charge in [0.25, 0.3) is 0 Å². The molecule has 0 aliphatic heterocycles. The van der Waals surface area contributed by atoms with Gasteiger partial charge in [-0.3, -0.25) is 4.79 Å². The van der Waals surface area contributed by atoms with Crippen LogP contribution in [-0.2, 0) is 0 Å². The Morgan fingerprint density at radius 1 is 0.963 bits per heavy atom. The highest BCUT2D eigenvalue weighted by Crippen LogP contribution is 2.21. The maximum absolute atomic E-state index is 12.5. The summed E-state index contributed by atoms with van der Waals surface area (Å²) in [5, 5.41) is 8.93. The van der Waals surface area contributed by atoms with E-state index in [1.165, 1.54) is 6.07 Å². The van der Waals surface area contributed by atoms with E-state index in [1.54, 1.807) is 34.9 Å². The van der Waals surface area contributed by atoms with Crippen molar-refractivity contribution in [3.05, 3.63) is 88.8 Å². The van der Waals surface area contributed by atoms with E-state index in [4.69, 9.17) is 4.74 Å². The quantitative estimate of drug-likeness (QED) is 0.561. The van der Waals surface area contributed by atoms with E-state index in [2.05, 4.69) is 10.2 Å². The highest BCUT2D eigenvalue weighted by atomic mass is 16.5. The Balaban J connectivity index is 1.81. The zero-order valence-corrected chi connectivity index (χ0v) is 15.0. The molecule has 2 heterocycles. The summed E-state index contributed by atoms with van der Waals surface area (Å²) < 4.78 is 8.60. The molecule has 27 heavy (non-hydrogen) atoms. The van der Waals surface area contributed by atoms with Crippen molar-refractivity contribution >= 4 is 0 Å². The maximum atomic E-state index is 12.5. The van der Waals surface area contributed by atoms with E-state index in [-0.39, 0.29) is 5.43 Å². The summed E-state index contributed by atoms with van der Waals surface area (Å²) in [7, 11) is 1.62. The lowest BCUT2D eigenvalue weighted by Crippen LogP contribution is -2.14. The third-order valence-corrected chi connectivity index (χ3v) is 4.28. The van der Waals surface area contributed by atoms with Crippen LogP contribution in [0.5, 0.6) is 5.75 Å². The standard InChI is InChI=1S/C21H18N4O2/c1-15-4-3-5-17(14-15)24-13-11-20(26)21(23-24)19-10-12-22-25(19)16-6-8-18(27-2)9-7-16/h3-14H,1-2H3. The van der Waals surface area contributed by atoms with Gasteiger partial charge < -0.3 is 4.74 Å². The molecular formula is C21H18N4O2. The summed E-state index contributed by atoms with van der Waals surface area (Å²) in [5.74, 6) is 0.757. The first-order valence-electron chi connectivity index (χ1n) is 8.51.